The van der Waals surface area contributed by atoms with E-state index in [0.29, 0.717) is 12.4 Å². The van der Waals surface area contributed by atoms with E-state index in [4.69, 9.17) is 0 Å². The van der Waals surface area contributed by atoms with Crippen LogP contribution in [0, 0.1) is 6.92 Å². The second kappa shape index (κ2) is 7.90. The lowest BCUT2D eigenvalue weighted by Crippen LogP contribution is -2.24. The fourth-order valence-electron chi connectivity index (χ4n) is 2.31. The Hall–Kier alpha value is -2.73. The number of halogens is 1. The summed E-state index contributed by atoms with van der Waals surface area (Å²) in [4.78, 5) is 20.6. The molecule has 25 heavy (non-hydrogen) atoms. The summed E-state index contributed by atoms with van der Waals surface area (Å²) >= 11 is 3.46. The molecule has 6 heteroatoms. The van der Waals surface area contributed by atoms with Gasteiger partial charge in [-0.15, -0.1) is 0 Å². The average molecular weight is 397 g/mol. The van der Waals surface area contributed by atoms with Gasteiger partial charge in [-0.05, 0) is 40.5 Å². The van der Waals surface area contributed by atoms with Crippen LogP contribution in [0.5, 0.6) is 0 Å². The number of para-hydroxylation sites is 1. The molecule has 0 atom stereocenters. The molecule has 2 N–H and O–H groups in total. The summed E-state index contributed by atoms with van der Waals surface area (Å²) in [6, 6.07) is 15.7. The standard InChI is InChI=1S/C19H17BrN4O/c1-13-5-4-6-14(9-13)10-23-19(25)17-11-22-18(12-21-17)24-16-8-3-2-7-15(16)20/h2-9,11-12H,10H2,1H3,(H,22,24)(H,23,25). The number of aryl methyl sites for hydroxylation is 1. The van der Waals surface area contributed by atoms with Crippen LogP contribution >= 0.6 is 15.9 Å². The largest absolute Gasteiger partial charge is 0.347 e. The molecule has 0 aliphatic rings. The number of nitrogens with one attached hydrogen (secondary N) is 2. The van der Waals surface area contributed by atoms with Crippen molar-refractivity contribution in [3.8, 4) is 0 Å². The van der Waals surface area contributed by atoms with Crippen molar-refractivity contribution in [3.05, 3.63) is 82.2 Å². The minimum Gasteiger partial charge on any atom is -0.347 e. The molecule has 0 aliphatic carbocycles. The molecule has 0 spiro atoms. The van der Waals surface area contributed by atoms with Crippen LogP contribution in [0.4, 0.5) is 11.5 Å². The lowest BCUT2D eigenvalue weighted by Gasteiger charge is -2.08. The van der Waals surface area contributed by atoms with Crippen LogP contribution in [0.3, 0.4) is 0 Å². The Bertz CT molecular complexity index is 881. The van der Waals surface area contributed by atoms with Gasteiger partial charge in [0, 0.05) is 11.0 Å². The number of rotatable bonds is 5. The molecule has 2 aromatic carbocycles. The second-order valence-electron chi connectivity index (χ2n) is 5.56. The maximum atomic E-state index is 12.2. The molecule has 0 radical (unpaired) electrons. The number of nitrogens with zero attached hydrogens (tertiary/aromatic N) is 2. The SMILES string of the molecule is Cc1cccc(CNC(=O)c2cnc(Nc3ccccc3Br)cn2)c1. The van der Waals surface area contributed by atoms with E-state index in [9.17, 15) is 4.79 Å². The first kappa shape index (κ1) is 17.1. The number of carbonyl (C=O) groups is 1. The highest BCUT2D eigenvalue weighted by Gasteiger charge is 2.08. The summed E-state index contributed by atoms with van der Waals surface area (Å²) in [5.74, 6) is 0.323. The number of hydrogen-bond donors (Lipinski definition) is 2. The van der Waals surface area contributed by atoms with Gasteiger partial charge >= 0.3 is 0 Å². The Morgan fingerprint density at radius 2 is 1.92 bits per heavy atom. The van der Waals surface area contributed by atoms with Crippen molar-refractivity contribution in [2.24, 2.45) is 0 Å². The number of aromatic nitrogens is 2. The van der Waals surface area contributed by atoms with Crippen molar-refractivity contribution in [2.45, 2.75) is 13.5 Å². The normalized spacial score (nSPS) is 10.3. The Balaban J connectivity index is 1.61. The van der Waals surface area contributed by atoms with Crippen LogP contribution in [0.1, 0.15) is 21.6 Å². The van der Waals surface area contributed by atoms with Crippen molar-refractivity contribution in [1.82, 2.24) is 15.3 Å². The number of amides is 1. The van der Waals surface area contributed by atoms with Crippen molar-refractivity contribution < 1.29 is 4.79 Å². The van der Waals surface area contributed by atoms with Gasteiger partial charge in [0.2, 0.25) is 0 Å². The van der Waals surface area contributed by atoms with Crippen LogP contribution in [-0.4, -0.2) is 15.9 Å². The van der Waals surface area contributed by atoms with E-state index in [1.54, 1.807) is 6.20 Å². The maximum absolute atomic E-state index is 12.2. The Morgan fingerprint density at radius 3 is 2.64 bits per heavy atom. The van der Waals surface area contributed by atoms with Crippen LogP contribution in [0.2, 0.25) is 0 Å². The van der Waals surface area contributed by atoms with E-state index in [1.165, 1.54) is 6.20 Å². The highest BCUT2D eigenvalue weighted by molar-refractivity contribution is 9.10. The third kappa shape index (κ3) is 4.64. The van der Waals surface area contributed by atoms with Crippen LogP contribution in [0.25, 0.3) is 0 Å². The van der Waals surface area contributed by atoms with Crippen molar-refractivity contribution in [1.29, 1.82) is 0 Å². The Morgan fingerprint density at radius 1 is 1.08 bits per heavy atom. The highest BCUT2D eigenvalue weighted by Crippen LogP contribution is 2.23. The lowest BCUT2D eigenvalue weighted by molar-refractivity contribution is 0.0945. The van der Waals surface area contributed by atoms with E-state index in [1.807, 2.05) is 55.5 Å². The average Bonchev–Trinajstić information content (AvgIpc) is 2.62. The summed E-state index contributed by atoms with van der Waals surface area (Å²) < 4.78 is 0.928. The Kier molecular flexibility index (Phi) is 5.40. The summed E-state index contributed by atoms with van der Waals surface area (Å²) in [6.45, 7) is 2.48. The maximum Gasteiger partial charge on any atom is 0.271 e. The van der Waals surface area contributed by atoms with Gasteiger partial charge in [0.05, 0.1) is 18.1 Å². The number of anilines is 2. The molecule has 5 nitrogen and oxygen atoms in total. The zero-order valence-corrected chi connectivity index (χ0v) is 15.2. The number of benzene rings is 2. The van der Waals surface area contributed by atoms with Gasteiger partial charge in [-0.25, -0.2) is 9.97 Å². The topological polar surface area (TPSA) is 66.9 Å². The molecular formula is C19H17BrN4O. The molecule has 0 unspecified atom stereocenters. The van der Waals surface area contributed by atoms with Gasteiger partial charge in [0.15, 0.2) is 0 Å². The highest BCUT2D eigenvalue weighted by atomic mass is 79.9. The first-order valence-electron chi connectivity index (χ1n) is 7.79. The van der Waals surface area contributed by atoms with Gasteiger partial charge in [0.25, 0.3) is 5.91 Å². The van der Waals surface area contributed by atoms with Gasteiger partial charge in [0.1, 0.15) is 11.5 Å². The number of carbonyl (C=O) groups excluding carboxylic acids is 1. The predicted molar refractivity (Wildman–Crippen MR) is 102 cm³/mol. The molecular weight excluding hydrogens is 380 g/mol. The molecule has 3 rings (SSSR count). The minimum absolute atomic E-state index is 0.249. The molecule has 0 saturated heterocycles. The van der Waals surface area contributed by atoms with Gasteiger partial charge < -0.3 is 10.6 Å². The molecule has 3 aromatic rings. The summed E-state index contributed by atoms with van der Waals surface area (Å²) in [5, 5.41) is 6.00. The quantitative estimate of drug-likeness (QED) is 0.677. The van der Waals surface area contributed by atoms with Crippen LogP contribution in [0.15, 0.2) is 65.4 Å². The van der Waals surface area contributed by atoms with Crippen molar-refractivity contribution in [3.63, 3.8) is 0 Å². The van der Waals surface area contributed by atoms with E-state index >= 15 is 0 Å². The molecule has 0 aliphatic heterocycles. The minimum atomic E-state index is -0.249. The summed E-state index contributed by atoms with van der Waals surface area (Å²) in [5.41, 5.74) is 3.38. The summed E-state index contributed by atoms with van der Waals surface area (Å²) in [7, 11) is 0. The van der Waals surface area contributed by atoms with Gasteiger partial charge in [-0.2, -0.15) is 0 Å². The monoisotopic (exact) mass is 396 g/mol. The fraction of sp³-hybridized carbons (Fsp3) is 0.105. The third-order valence-corrected chi connectivity index (χ3v) is 4.25. The molecule has 1 amide bonds. The third-order valence-electron chi connectivity index (χ3n) is 3.56. The first-order valence-corrected chi connectivity index (χ1v) is 8.58. The second-order valence-corrected chi connectivity index (χ2v) is 6.42. The zero-order valence-electron chi connectivity index (χ0n) is 13.7. The molecule has 1 heterocycles. The lowest BCUT2D eigenvalue weighted by atomic mass is 10.1. The molecule has 126 valence electrons. The van der Waals surface area contributed by atoms with E-state index in [0.717, 1.165) is 21.3 Å². The zero-order chi connectivity index (χ0) is 17.6. The van der Waals surface area contributed by atoms with Crippen molar-refractivity contribution >= 4 is 33.3 Å². The van der Waals surface area contributed by atoms with Gasteiger partial charge in [-0.1, -0.05) is 42.0 Å². The molecule has 0 fully saturated rings. The number of hydrogen-bond acceptors (Lipinski definition) is 4. The first-order chi connectivity index (χ1) is 12.1. The molecule has 0 saturated carbocycles. The van der Waals surface area contributed by atoms with Gasteiger partial charge in [-0.3, -0.25) is 4.79 Å². The van der Waals surface area contributed by atoms with Crippen LogP contribution < -0.4 is 10.6 Å². The van der Waals surface area contributed by atoms with Crippen molar-refractivity contribution in [2.75, 3.05) is 5.32 Å². The molecule has 1 aromatic heterocycles. The fourth-order valence-corrected chi connectivity index (χ4v) is 2.69. The summed E-state index contributed by atoms with van der Waals surface area (Å²) in [6.07, 6.45) is 3.01. The smallest absolute Gasteiger partial charge is 0.271 e. The predicted octanol–water partition coefficient (Wildman–Crippen LogP) is 4.22. The van der Waals surface area contributed by atoms with E-state index < -0.39 is 0 Å². The molecule has 0 bridgehead atoms. The Labute approximate surface area is 154 Å². The van der Waals surface area contributed by atoms with Crippen LogP contribution in [-0.2, 0) is 6.54 Å². The van der Waals surface area contributed by atoms with E-state index in [-0.39, 0.29) is 11.6 Å². The van der Waals surface area contributed by atoms with E-state index in [2.05, 4.69) is 36.5 Å².